The second-order valence-electron chi connectivity index (χ2n) is 7.34. The lowest BCUT2D eigenvalue weighted by Crippen LogP contribution is -2.41. The van der Waals surface area contributed by atoms with Crippen molar-refractivity contribution in [1.82, 2.24) is 10.9 Å². The predicted molar refractivity (Wildman–Crippen MR) is 129 cm³/mol. The molecule has 0 saturated heterocycles. The minimum Gasteiger partial charge on any atom is -0.490 e. The van der Waals surface area contributed by atoms with E-state index in [2.05, 4.69) is 16.2 Å². The molecular weight excluding hydrogens is 434 g/mol. The molecule has 0 radical (unpaired) electrons. The molecule has 3 rings (SSSR count). The summed E-state index contributed by atoms with van der Waals surface area (Å²) in [6.07, 6.45) is 0. The van der Waals surface area contributed by atoms with Crippen LogP contribution in [0.25, 0.3) is 0 Å². The molecule has 0 aliphatic heterocycles. The van der Waals surface area contributed by atoms with Crippen LogP contribution in [0, 0.1) is 6.92 Å². The van der Waals surface area contributed by atoms with Crippen molar-refractivity contribution in [2.24, 2.45) is 0 Å². The van der Waals surface area contributed by atoms with Crippen LogP contribution in [-0.4, -0.2) is 30.9 Å². The lowest BCUT2D eigenvalue weighted by Gasteiger charge is -2.13. The third kappa shape index (κ3) is 6.35. The Bertz CT molecular complexity index is 1190. The quantitative estimate of drug-likeness (QED) is 0.438. The van der Waals surface area contributed by atoms with Gasteiger partial charge in [0.1, 0.15) is 0 Å². The van der Waals surface area contributed by atoms with Gasteiger partial charge in [-0.3, -0.25) is 25.2 Å². The minimum absolute atomic E-state index is 0.268. The van der Waals surface area contributed by atoms with Crippen LogP contribution in [0.15, 0.2) is 66.7 Å². The Kier molecular flexibility index (Phi) is 8.23. The second-order valence-corrected chi connectivity index (χ2v) is 7.34. The number of ether oxygens (including phenoxy) is 2. The number of benzene rings is 3. The zero-order chi connectivity index (χ0) is 24.5. The number of rotatable bonds is 8. The molecule has 0 spiro atoms. The average Bonchev–Trinajstić information content (AvgIpc) is 2.84. The molecule has 0 fully saturated rings. The highest BCUT2D eigenvalue weighted by Gasteiger charge is 2.14. The van der Waals surface area contributed by atoms with Gasteiger partial charge in [0, 0.05) is 22.4 Å². The standard InChI is InChI=1S/C26H27N3O5/c1-4-33-22-13-12-20(16-23(22)34-5-2)26(32)29-28-25(31)19-10-7-11-21(15-19)27-24(30)18-9-6-8-17(3)14-18/h6-16H,4-5H2,1-3H3,(H,27,30)(H,28,31)(H,29,32). The van der Waals surface area contributed by atoms with Gasteiger partial charge in [0.2, 0.25) is 0 Å². The number of nitrogens with one attached hydrogen (secondary N) is 3. The molecule has 34 heavy (non-hydrogen) atoms. The molecule has 8 nitrogen and oxygen atoms in total. The van der Waals surface area contributed by atoms with Gasteiger partial charge < -0.3 is 14.8 Å². The number of anilines is 1. The van der Waals surface area contributed by atoms with Crippen LogP contribution in [0.3, 0.4) is 0 Å². The predicted octanol–water partition coefficient (Wildman–Crippen LogP) is 4.12. The normalized spacial score (nSPS) is 10.2. The van der Waals surface area contributed by atoms with Crippen molar-refractivity contribution in [2.75, 3.05) is 18.5 Å². The van der Waals surface area contributed by atoms with Gasteiger partial charge >= 0.3 is 0 Å². The SMILES string of the molecule is CCOc1ccc(C(=O)NNC(=O)c2cccc(NC(=O)c3cccc(C)c3)c2)cc1OCC. The van der Waals surface area contributed by atoms with E-state index in [-0.39, 0.29) is 11.5 Å². The van der Waals surface area contributed by atoms with Gasteiger partial charge in [-0.25, -0.2) is 0 Å². The lowest BCUT2D eigenvalue weighted by atomic mass is 10.1. The number of aryl methyl sites for hydroxylation is 1. The maximum absolute atomic E-state index is 12.6. The van der Waals surface area contributed by atoms with Crippen LogP contribution in [0.5, 0.6) is 11.5 Å². The molecule has 0 aliphatic carbocycles. The maximum Gasteiger partial charge on any atom is 0.269 e. The fourth-order valence-electron chi connectivity index (χ4n) is 3.18. The van der Waals surface area contributed by atoms with Crippen LogP contribution in [0.1, 0.15) is 50.5 Å². The van der Waals surface area contributed by atoms with E-state index in [1.807, 2.05) is 26.8 Å². The summed E-state index contributed by atoms with van der Waals surface area (Å²) in [5.74, 6) is -0.345. The molecular formula is C26H27N3O5. The van der Waals surface area contributed by atoms with E-state index >= 15 is 0 Å². The van der Waals surface area contributed by atoms with E-state index < -0.39 is 11.8 Å². The van der Waals surface area contributed by atoms with Crippen LogP contribution < -0.4 is 25.6 Å². The topological polar surface area (TPSA) is 106 Å². The molecule has 0 aromatic heterocycles. The van der Waals surface area contributed by atoms with Crippen molar-refractivity contribution < 1.29 is 23.9 Å². The molecule has 3 aromatic rings. The van der Waals surface area contributed by atoms with Crippen molar-refractivity contribution in [3.05, 3.63) is 89.0 Å². The average molecular weight is 462 g/mol. The summed E-state index contributed by atoms with van der Waals surface area (Å²) in [6, 6.07) is 18.4. The van der Waals surface area contributed by atoms with Crippen molar-refractivity contribution in [1.29, 1.82) is 0 Å². The van der Waals surface area contributed by atoms with Crippen LogP contribution in [-0.2, 0) is 0 Å². The third-order valence-electron chi connectivity index (χ3n) is 4.76. The summed E-state index contributed by atoms with van der Waals surface area (Å²) >= 11 is 0. The first kappa shape index (κ1) is 24.3. The monoisotopic (exact) mass is 461 g/mol. The Morgan fingerprint density at radius 3 is 1.91 bits per heavy atom. The van der Waals surface area contributed by atoms with Gasteiger partial charge in [-0.05, 0) is 69.3 Å². The van der Waals surface area contributed by atoms with Gasteiger partial charge in [0.25, 0.3) is 17.7 Å². The van der Waals surface area contributed by atoms with Gasteiger partial charge in [-0.1, -0.05) is 23.8 Å². The Balaban J connectivity index is 1.63. The molecule has 0 aliphatic rings. The number of amides is 3. The van der Waals surface area contributed by atoms with E-state index in [4.69, 9.17) is 9.47 Å². The van der Waals surface area contributed by atoms with E-state index in [0.29, 0.717) is 41.5 Å². The summed E-state index contributed by atoms with van der Waals surface area (Å²) in [6.45, 7) is 6.47. The first-order valence-corrected chi connectivity index (χ1v) is 10.9. The number of carbonyl (C=O) groups excluding carboxylic acids is 3. The van der Waals surface area contributed by atoms with E-state index in [9.17, 15) is 14.4 Å². The molecule has 0 saturated carbocycles. The third-order valence-corrected chi connectivity index (χ3v) is 4.76. The van der Waals surface area contributed by atoms with Crippen LogP contribution >= 0.6 is 0 Å². The first-order chi connectivity index (χ1) is 16.4. The summed E-state index contributed by atoms with van der Waals surface area (Å²) in [4.78, 5) is 37.6. The van der Waals surface area contributed by atoms with Crippen molar-refractivity contribution in [2.45, 2.75) is 20.8 Å². The highest BCUT2D eigenvalue weighted by molar-refractivity contribution is 6.05. The van der Waals surface area contributed by atoms with Gasteiger partial charge in [0.15, 0.2) is 11.5 Å². The van der Waals surface area contributed by atoms with Crippen molar-refractivity contribution in [3.8, 4) is 11.5 Å². The molecule has 0 heterocycles. The Labute approximate surface area is 198 Å². The number of hydrogen-bond donors (Lipinski definition) is 3. The van der Waals surface area contributed by atoms with E-state index in [0.717, 1.165) is 5.56 Å². The molecule has 0 unspecified atom stereocenters. The summed E-state index contributed by atoms with van der Waals surface area (Å²) in [5, 5.41) is 2.77. The fraction of sp³-hybridized carbons (Fsp3) is 0.192. The molecule has 3 amide bonds. The highest BCUT2D eigenvalue weighted by atomic mass is 16.5. The molecule has 8 heteroatoms. The highest BCUT2D eigenvalue weighted by Crippen LogP contribution is 2.28. The Morgan fingerprint density at radius 1 is 0.676 bits per heavy atom. The second kappa shape index (κ2) is 11.5. The number of hydrazine groups is 1. The summed E-state index contributed by atoms with van der Waals surface area (Å²) in [5.41, 5.74) is 7.28. The molecule has 3 aromatic carbocycles. The Hall–Kier alpha value is -4.33. The molecule has 176 valence electrons. The minimum atomic E-state index is -0.532. The first-order valence-electron chi connectivity index (χ1n) is 10.9. The smallest absolute Gasteiger partial charge is 0.269 e. The van der Waals surface area contributed by atoms with Gasteiger partial charge in [0.05, 0.1) is 13.2 Å². The fourth-order valence-corrected chi connectivity index (χ4v) is 3.18. The Morgan fingerprint density at radius 2 is 1.26 bits per heavy atom. The summed E-state index contributed by atoms with van der Waals surface area (Å²) < 4.78 is 11.0. The lowest BCUT2D eigenvalue weighted by molar-refractivity contribution is 0.0846. The van der Waals surface area contributed by atoms with Gasteiger partial charge in [-0.15, -0.1) is 0 Å². The van der Waals surface area contributed by atoms with Crippen molar-refractivity contribution >= 4 is 23.4 Å². The zero-order valence-corrected chi connectivity index (χ0v) is 19.3. The largest absolute Gasteiger partial charge is 0.490 e. The summed E-state index contributed by atoms with van der Waals surface area (Å²) in [7, 11) is 0. The number of carbonyl (C=O) groups is 3. The maximum atomic E-state index is 12.6. The van der Waals surface area contributed by atoms with Crippen LogP contribution in [0.2, 0.25) is 0 Å². The van der Waals surface area contributed by atoms with Crippen LogP contribution in [0.4, 0.5) is 5.69 Å². The zero-order valence-electron chi connectivity index (χ0n) is 19.3. The molecule has 0 bridgehead atoms. The van der Waals surface area contributed by atoms with Gasteiger partial charge in [-0.2, -0.15) is 0 Å². The number of hydrogen-bond acceptors (Lipinski definition) is 5. The van der Waals surface area contributed by atoms with Crippen molar-refractivity contribution in [3.63, 3.8) is 0 Å². The van der Waals surface area contributed by atoms with E-state index in [1.165, 1.54) is 6.07 Å². The molecule has 0 atom stereocenters. The molecule has 3 N–H and O–H groups in total. The van der Waals surface area contributed by atoms with E-state index in [1.54, 1.807) is 54.6 Å².